The molecule has 3 aromatic rings. The Labute approximate surface area is 123 Å². The largest absolute Gasteiger partial charge is 0.493 e. The van der Waals surface area contributed by atoms with Crippen molar-refractivity contribution >= 4 is 11.0 Å². The molecule has 1 aliphatic heterocycles. The van der Waals surface area contributed by atoms with Crippen molar-refractivity contribution in [1.82, 2.24) is 9.97 Å². The normalized spacial score (nSPS) is 17.5. The van der Waals surface area contributed by atoms with Gasteiger partial charge in [-0.2, -0.15) is 0 Å². The summed E-state index contributed by atoms with van der Waals surface area (Å²) in [5.41, 5.74) is 10.1. The summed E-state index contributed by atoms with van der Waals surface area (Å²) in [4.78, 5) is 8.13. The number of para-hydroxylation sites is 1. The van der Waals surface area contributed by atoms with Gasteiger partial charge < -0.3 is 15.5 Å². The highest BCUT2D eigenvalue weighted by atomic mass is 16.5. The van der Waals surface area contributed by atoms with Gasteiger partial charge in [-0.15, -0.1) is 0 Å². The minimum Gasteiger partial charge on any atom is -0.493 e. The number of aromatic amines is 1. The van der Waals surface area contributed by atoms with Crippen molar-refractivity contribution in [3.05, 3.63) is 59.4 Å². The Bertz CT molecular complexity index is 794. The van der Waals surface area contributed by atoms with Gasteiger partial charge in [0.25, 0.3) is 0 Å². The lowest BCUT2D eigenvalue weighted by Crippen LogP contribution is -2.20. The first-order valence-electron chi connectivity index (χ1n) is 7.23. The molecule has 21 heavy (non-hydrogen) atoms. The molecule has 2 heterocycles. The average Bonchev–Trinajstić information content (AvgIpc) is 2.97. The van der Waals surface area contributed by atoms with Crippen molar-refractivity contribution < 1.29 is 4.74 Å². The van der Waals surface area contributed by atoms with Crippen molar-refractivity contribution in [3.63, 3.8) is 0 Å². The van der Waals surface area contributed by atoms with E-state index in [9.17, 15) is 0 Å². The second-order valence-corrected chi connectivity index (χ2v) is 5.50. The fourth-order valence-corrected chi connectivity index (χ4v) is 2.90. The lowest BCUT2D eigenvalue weighted by molar-refractivity contribution is 0.258. The predicted molar refractivity (Wildman–Crippen MR) is 82.4 cm³/mol. The minimum absolute atomic E-state index is 0.272. The molecule has 0 spiro atoms. The molecule has 1 unspecified atom stereocenters. The molecule has 106 valence electrons. The summed E-state index contributed by atoms with van der Waals surface area (Å²) in [5, 5.41) is 0. The van der Waals surface area contributed by atoms with Gasteiger partial charge >= 0.3 is 0 Å². The molecule has 4 heteroatoms. The maximum Gasteiger partial charge on any atom is 0.122 e. The molecule has 1 atom stereocenters. The number of aromatic nitrogens is 2. The van der Waals surface area contributed by atoms with Gasteiger partial charge in [0.05, 0.1) is 23.6 Å². The van der Waals surface area contributed by atoms with Crippen molar-refractivity contribution in [2.24, 2.45) is 5.73 Å². The maximum atomic E-state index is 5.85. The summed E-state index contributed by atoms with van der Waals surface area (Å²) in [5.74, 6) is 2.26. The standard InChI is InChI=1S/C17H17N3O/c18-9-11-5-6-14-15(7-11)20-17(19-14)13-8-12-3-1-2-4-16(12)21-10-13/h1-7,13H,8-10,18H2,(H,19,20). The van der Waals surface area contributed by atoms with Crippen molar-refractivity contribution in [1.29, 1.82) is 0 Å². The van der Waals surface area contributed by atoms with Crippen LogP contribution in [0, 0.1) is 0 Å². The first kappa shape index (κ1) is 12.4. The molecule has 4 nitrogen and oxygen atoms in total. The number of nitrogens with two attached hydrogens (primary N) is 1. The third-order valence-electron chi connectivity index (χ3n) is 4.07. The number of benzene rings is 2. The van der Waals surface area contributed by atoms with E-state index in [0.717, 1.165) is 34.6 Å². The summed E-state index contributed by atoms with van der Waals surface area (Å²) in [6, 6.07) is 14.3. The van der Waals surface area contributed by atoms with Crippen LogP contribution < -0.4 is 10.5 Å². The van der Waals surface area contributed by atoms with Crippen LogP contribution in [0.25, 0.3) is 11.0 Å². The zero-order valence-electron chi connectivity index (χ0n) is 11.7. The molecule has 0 fully saturated rings. The van der Waals surface area contributed by atoms with Gasteiger partial charge in [-0.1, -0.05) is 24.3 Å². The second-order valence-electron chi connectivity index (χ2n) is 5.50. The Morgan fingerprint density at radius 1 is 1.24 bits per heavy atom. The smallest absolute Gasteiger partial charge is 0.122 e. The molecular weight excluding hydrogens is 262 g/mol. The first-order valence-corrected chi connectivity index (χ1v) is 7.23. The number of hydrogen-bond acceptors (Lipinski definition) is 3. The topological polar surface area (TPSA) is 63.9 Å². The van der Waals surface area contributed by atoms with Gasteiger partial charge in [0.2, 0.25) is 0 Å². The van der Waals surface area contributed by atoms with Crippen LogP contribution in [0.4, 0.5) is 0 Å². The first-order chi connectivity index (χ1) is 10.3. The molecule has 1 aliphatic rings. The zero-order valence-corrected chi connectivity index (χ0v) is 11.7. The van der Waals surface area contributed by atoms with Gasteiger partial charge in [0.15, 0.2) is 0 Å². The fraction of sp³-hybridized carbons (Fsp3) is 0.235. The Morgan fingerprint density at radius 2 is 2.14 bits per heavy atom. The van der Waals surface area contributed by atoms with Gasteiger partial charge in [0.1, 0.15) is 11.6 Å². The van der Waals surface area contributed by atoms with Crippen LogP contribution in [0.1, 0.15) is 22.9 Å². The van der Waals surface area contributed by atoms with Crippen LogP contribution in [-0.4, -0.2) is 16.6 Å². The van der Waals surface area contributed by atoms with Crippen molar-refractivity contribution in [3.8, 4) is 5.75 Å². The Morgan fingerprint density at radius 3 is 3.05 bits per heavy atom. The number of rotatable bonds is 2. The van der Waals surface area contributed by atoms with E-state index in [0.29, 0.717) is 13.2 Å². The Balaban J connectivity index is 1.68. The van der Waals surface area contributed by atoms with Gasteiger partial charge in [0, 0.05) is 6.54 Å². The molecule has 0 aliphatic carbocycles. The van der Waals surface area contributed by atoms with E-state index in [2.05, 4.69) is 23.2 Å². The number of nitrogens with zero attached hydrogens (tertiary/aromatic N) is 1. The third kappa shape index (κ3) is 2.17. The number of ether oxygens (including phenoxy) is 1. The molecule has 0 bridgehead atoms. The van der Waals surface area contributed by atoms with Gasteiger partial charge in [-0.25, -0.2) is 4.98 Å². The van der Waals surface area contributed by atoms with E-state index in [-0.39, 0.29) is 5.92 Å². The second kappa shape index (κ2) is 4.90. The summed E-state index contributed by atoms with van der Waals surface area (Å²) in [7, 11) is 0. The number of nitrogens with one attached hydrogen (secondary N) is 1. The molecule has 1 aromatic heterocycles. The van der Waals surface area contributed by atoms with E-state index in [4.69, 9.17) is 15.5 Å². The monoisotopic (exact) mass is 279 g/mol. The highest BCUT2D eigenvalue weighted by Crippen LogP contribution is 2.31. The van der Waals surface area contributed by atoms with E-state index < -0.39 is 0 Å². The zero-order chi connectivity index (χ0) is 14.2. The van der Waals surface area contributed by atoms with Gasteiger partial charge in [-0.05, 0) is 35.7 Å². The molecule has 2 aromatic carbocycles. The molecule has 0 saturated heterocycles. The van der Waals surface area contributed by atoms with E-state index in [1.807, 2.05) is 24.3 Å². The summed E-state index contributed by atoms with van der Waals surface area (Å²) < 4.78 is 5.85. The van der Waals surface area contributed by atoms with Crippen LogP contribution in [0.15, 0.2) is 42.5 Å². The number of H-pyrrole nitrogens is 1. The molecule has 4 rings (SSSR count). The highest BCUT2D eigenvalue weighted by molar-refractivity contribution is 5.76. The van der Waals surface area contributed by atoms with Crippen LogP contribution in [0.2, 0.25) is 0 Å². The number of fused-ring (bicyclic) bond motifs is 2. The highest BCUT2D eigenvalue weighted by Gasteiger charge is 2.23. The third-order valence-corrected chi connectivity index (χ3v) is 4.07. The van der Waals surface area contributed by atoms with E-state index in [1.54, 1.807) is 0 Å². The number of hydrogen-bond donors (Lipinski definition) is 2. The fourth-order valence-electron chi connectivity index (χ4n) is 2.90. The molecule has 0 amide bonds. The lowest BCUT2D eigenvalue weighted by Gasteiger charge is -2.23. The van der Waals surface area contributed by atoms with Crippen LogP contribution in [-0.2, 0) is 13.0 Å². The molecular formula is C17H17N3O. The molecule has 3 N–H and O–H groups in total. The van der Waals surface area contributed by atoms with E-state index in [1.165, 1.54) is 5.56 Å². The SMILES string of the molecule is NCc1ccc2nc(C3COc4ccccc4C3)[nH]c2c1. The van der Waals surface area contributed by atoms with Crippen molar-refractivity contribution in [2.45, 2.75) is 18.9 Å². The van der Waals surface area contributed by atoms with Crippen LogP contribution in [0.3, 0.4) is 0 Å². The summed E-state index contributed by atoms with van der Waals surface area (Å²) >= 11 is 0. The quantitative estimate of drug-likeness (QED) is 0.758. The van der Waals surface area contributed by atoms with Crippen LogP contribution >= 0.6 is 0 Å². The maximum absolute atomic E-state index is 5.85. The summed E-state index contributed by atoms with van der Waals surface area (Å²) in [6.07, 6.45) is 0.958. The average molecular weight is 279 g/mol. The summed E-state index contributed by atoms with van der Waals surface area (Å²) in [6.45, 7) is 1.21. The molecule has 0 radical (unpaired) electrons. The predicted octanol–water partition coefficient (Wildman–Crippen LogP) is 2.74. The lowest BCUT2D eigenvalue weighted by atomic mass is 9.96. The van der Waals surface area contributed by atoms with Crippen molar-refractivity contribution in [2.75, 3.05) is 6.61 Å². The van der Waals surface area contributed by atoms with Gasteiger partial charge in [-0.3, -0.25) is 0 Å². The number of imidazole rings is 1. The molecule has 0 saturated carbocycles. The van der Waals surface area contributed by atoms with Crippen LogP contribution in [0.5, 0.6) is 5.75 Å². The Kier molecular flexibility index (Phi) is 2.89. The van der Waals surface area contributed by atoms with E-state index >= 15 is 0 Å². The Hall–Kier alpha value is -2.33. The minimum atomic E-state index is 0.272.